The average Bonchev–Trinajstić information content (AvgIpc) is 2.50. The lowest BCUT2D eigenvalue weighted by atomic mass is 10.1. The Labute approximate surface area is 81.8 Å². The van der Waals surface area contributed by atoms with Crippen LogP contribution < -0.4 is 5.56 Å². The lowest BCUT2D eigenvalue weighted by molar-refractivity contribution is 1.06. The Hall–Kier alpha value is -1.77. The van der Waals surface area contributed by atoms with Crippen LogP contribution in [0.25, 0.3) is 11.3 Å². The van der Waals surface area contributed by atoms with E-state index in [0.717, 1.165) is 16.8 Å². The van der Waals surface area contributed by atoms with Crippen molar-refractivity contribution in [1.29, 1.82) is 0 Å². The first-order valence-electron chi connectivity index (χ1n) is 4.53. The Bertz CT molecular complexity index is 491. The van der Waals surface area contributed by atoms with Crippen LogP contribution in [0, 0.1) is 13.8 Å². The van der Waals surface area contributed by atoms with Crippen molar-refractivity contribution < 1.29 is 0 Å². The van der Waals surface area contributed by atoms with Crippen molar-refractivity contribution >= 4 is 0 Å². The Morgan fingerprint density at radius 2 is 1.64 bits per heavy atom. The first kappa shape index (κ1) is 8.81. The van der Waals surface area contributed by atoms with Crippen LogP contribution in [-0.4, -0.2) is 10.2 Å². The quantitative estimate of drug-likeness (QED) is 0.706. The number of aryl methyl sites for hydroxylation is 1. The Kier molecular flexibility index (Phi) is 2.00. The van der Waals surface area contributed by atoms with Crippen LogP contribution in [0.5, 0.6) is 0 Å². The smallest absolute Gasteiger partial charge is 0.267 e. The third-order valence-electron chi connectivity index (χ3n) is 2.36. The highest BCUT2D eigenvalue weighted by molar-refractivity contribution is 5.62. The molecule has 0 unspecified atom stereocenters. The largest absolute Gasteiger partial charge is 0.297 e. The molecule has 3 heteroatoms. The summed E-state index contributed by atoms with van der Waals surface area (Å²) in [6.45, 7) is 3.85. The van der Waals surface area contributed by atoms with E-state index < -0.39 is 0 Å². The Balaban J connectivity index is 2.55. The van der Waals surface area contributed by atoms with E-state index in [4.69, 9.17) is 0 Å². The van der Waals surface area contributed by atoms with Gasteiger partial charge < -0.3 is 0 Å². The fourth-order valence-electron chi connectivity index (χ4n) is 1.43. The van der Waals surface area contributed by atoms with Gasteiger partial charge in [0.05, 0.1) is 5.69 Å². The van der Waals surface area contributed by atoms with Gasteiger partial charge in [-0.2, -0.15) is 0 Å². The maximum atomic E-state index is 11.2. The van der Waals surface area contributed by atoms with Crippen LogP contribution >= 0.6 is 0 Å². The van der Waals surface area contributed by atoms with E-state index in [-0.39, 0.29) is 5.56 Å². The van der Waals surface area contributed by atoms with Crippen LogP contribution in [0.15, 0.2) is 29.1 Å². The predicted molar refractivity (Wildman–Crippen MR) is 56.3 cm³/mol. The molecule has 0 aliphatic rings. The minimum Gasteiger partial charge on any atom is -0.297 e. The number of nitrogens with one attached hydrogen (secondary N) is 2. The molecule has 0 aliphatic carbocycles. The second kappa shape index (κ2) is 3.18. The summed E-state index contributed by atoms with van der Waals surface area (Å²) in [6, 6.07) is 8.06. The summed E-state index contributed by atoms with van der Waals surface area (Å²) in [4.78, 5) is 11.2. The molecule has 1 heterocycles. The highest BCUT2D eigenvalue weighted by atomic mass is 16.1. The van der Waals surface area contributed by atoms with Gasteiger partial charge in [0.15, 0.2) is 0 Å². The third kappa shape index (κ3) is 1.37. The lowest BCUT2D eigenvalue weighted by Crippen LogP contribution is -2.00. The number of H-pyrrole nitrogens is 2. The molecule has 2 aromatic rings. The molecular formula is C11H12N2O. The maximum absolute atomic E-state index is 11.2. The van der Waals surface area contributed by atoms with Crippen molar-refractivity contribution in [2.45, 2.75) is 13.8 Å². The van der Waals surface area contributed by atoms with E-state index in [0.29, 0.717) is 0 Å². The van der Waals surface area contributed by atoms with Gasteiger partial charge in [0, 0.05) is 5.56 Å². The molecule has 1 aromatic heterocycles. The zero-order valence-electron chi connectivity index (χ0n) is 8.22. The number of aromatic amines is 2. The highest BCUT2D eigenvalue weighted by Crippen LogP contribution is 2.18. The van der Waals surface area contributed by atoms with Gasteiger partial charge >= 0.3 is 0 Å². The fraction of sp³-hybridized carbons (Fsp3) is 0.182. The first-order valence-corrected chi connectivity index (χ1v) is 4.53. The first-order chi connectivity index (χ1) is 6.68. The van der Waals surface area contributed by atoms with Crippen molar-refractivity contribution in [3.05, 3.63) is 45.7 Å². The molecule has 1 aromatic carbocycles. The molecule has 0 amide bonds. The number of hydrogen-bond acceptors (Lipinski definition) is 1. The van der Waals surface area contributed by atoms with E-state index in [1.54, 1.807) is 0 Å². The van der Waals surface area contributed by atoms with Gasteiger partial charge in [0.1, 0.15) is 0 Å². The van der Waals surface area contributed by atoms with E-state index in [9.17, 15) is 4.79 Å². The number of benzene rings is 1. The second-order valence-electron chi connectivity index (χ2n) is 3.45. The van der Waals surface area contributed by atoms with Gasteiger partial charge in [-0.3, -0.25) is 15.0 Å². The van der Waals surface area contributed by atoms with Gasteiger partial charge in [-0.1, -0.05) is 29.8 Å². The molecule has 0 saturated carbocycles. The summed E-state index contributed by atoms with van der Waals surface area (Å²) in [5, 5.41) is 5.44. The van der Waals surface area contributed by atoms with Gasteiger partial charge in [-0.25, -0.2) is 0 Å². The lowest BCUT2D eigenvalue weighted by Gasteiger charge is -1.99. The van der Waals surface area contributed by atoms with Gasteiger partial charge in [0.25, 0.3) is 5.56 Å². The fourth-order valence-corrected chi connectivity index (χ4v) is 1.43. The molecule has 0 saturated heterocycles. The zero-order valence-corrected chi connectivity index (χ0v) is 8.22. The second-order valence-corrected chi connectivity index (χ2v) is 3.45. The zero-order chi connectivity index (χ0) is 10.1. The number of hydrogen-bond donors (Lipinski definition) is 2. The normalized spacial score (nSPS) is 10.4. The highest BCUT2D eigenvalue weighted by Gasteiger charge is 2.05. The molecule has 0 fully saturated rings. The topological polar surface area (TPSA) is 48.6 Å². The van der Waals surface area contributed by atoms with Crippen LogP contribution in [0.1, 0.15) is 11.1 Å². The van der Waals surface area contributed by atoms with Crippen LogP contribution in [0.2, 0.25) is 0 Å². The van der Waals surface area contributed by atoms with Gasteiger partial charge in [-0.05, 0) is 19.4 Å². The van der Waals surface area contributed by atoms with Crippen LogP contribution in [0.4, 0.5) is 0 Å². The SMILES string of the molecule is Cc1ccc(-c2[nH][nH]c(=O)c2C)cc1. The number of aromatic nitrogens is 2. The predicted octanol–water partition coefficient (Wildman–Crippen LogP) is 1.99. The maximum Gasteiger partial charge on any atom is 0.267 e. The molecule has 2 rings (SSSR count). The minimum atomic E-state index is -0.0550. The molecule has 0 radical (unpaired) electrons. The molecule has 0 atom stereocenters. The van der Waals surface area contributed by atoms with Crippen molar-refractivity contribution in [2.24, 2.45) is 0 Å². The molecule has 0 spiro atoms. The van der Waals surface area contributed by atoms with Crippen molar-refractivity contribution in [2.75, 3.05) is 0 Å². The number of rotatable bonds is 1. The molecule has 2 N–H and O–H groups in total. The molecule has 3 nitrogen and oxygen atoms in total. The summed E-state index contributed by atoms with van der Waals surface area (Å²) < 4.78 is 0. The van der Waals surface area contributed by atoms with Crippen molar-refractivity contribution in [3.63, 3.8) is 0 Å². The molecule has 0 aliphatic heterocycles. The van der Waals surface area contributed by atoms with E-state index in [2.05, 4.69) is 10.2 Å². The molecule has 72 valence electrons. The molecular weight excluding hydrogens is 176 g/mol. The summed E-state index contributed by atoms with van der Waals surface area (Å²) in [7, 11) is 0. The Morgan fingerprint density at radius 3 is 2.14 bits per heavy atom. The van der Waals surface area contributed by atoms with E-state index >= 15 is 0 Å². The van der Waals surface area contributed by atoms with E-state index in [1.165, 1.54) is 5.56 Å². The van der Waals surface area contributed by atoms with Crippen molar-refractivity contribution in [1.82, 2.24) is 10.2 Å². The monoisotopic (exact) mass is 188 g/mol. The summed E-state index contributed by atoms with van der Waals surface area (Å²) in [5.74, 6) is 0. The minimum absolute atomic E-state index is 0.0550. The van der Waals surface area contributed by atoms with Gasteiger partial charge in [-0.15, -0.1) is 0 Å². The van der Waals surface area contributed by atoms with Crippen LogP contribution in [0.3, 0.4) is 0 Å². The van der Waals surface area contributed by atoms with Crippen LogP contribution in [-0.2, 0) is 0 Å². The third-order valence-corrected chi connectivity index (χ3v) is 2.36. The summed E-state index contributed by atoms with van der Waals surface area (Å²) in [5.41, 5.74) is 3.79. The Morgan fingerprint density at radius 1 is 1.00 bits per heavy atom. The summed E-state index contributed by atoms with van der Waals surface area (Å²) >= 11 is 0. The van der Waals surface area contributed by atoms with Crippen molar-refractivity contribution in [3.8, 4) is 11.3 Å². The standard InChI is InChI=1S/C11H12N2O/c1-7-3-5-9(6-4-7)10-8(2)11(14)13-12-10/h3-6H,1-2H3,(H2,12,13,14). The summed E-state index contributed by atoms with van der Waals surface area (Å²) in [6.07, 6.45) is 0. The van der Waals surface area contributed by atoms with E-state index in [1.807, 2.05) is 38.1 Å². The molecule has 14 heavy (non-hydrogen) atoms. The average molecular weight is 188 g/mol. The van der Waals surface area contributed by atoms with Gasteiger partial charge in [0.2, 0.25) is 0 Å². The molecule has 0 bridgehead atoms.